The highest BCUT2D eigenvalue weighted by molar-refractivity contribution is 7.18. The Morgan fingerprint density at radius 2 is 1.96 bits per heavy atom. The van der Waals surface area contributed by atoms with Gasteiger partial charge in [0.15, 0.2) is 0 Å². The third-order valence-electron chi connectivity index (χ3n) is 5.18. The maximum absolute atomic E-state index is 12.4. The third-order valence-corrected chi connectivity index (χ3v) is 6.21. The number of carbonyl (C=O) groups is 2. The number of urea groups is 1. The van der Waals surface area contributed by atoms with Crippen molar-refractivity contribution >= 4 is 39.2 Å². The van der Waals surface area contributed by atoms with Crippen LogP contribution < -0.4 is 5.32 Å². The first-order valence-electron chi connectivity index (χ1n) is 9.16. The first-order valence-corrected chi connectivity index (χ1v) is 9.97. The number of carboxylic acids is 1. The number of aliphatic carboxylic acids is 1. The predicted molar refractivity (Wildman–Crippen MR) is 110 cm³/mol. The molecule has 0 radical (unpaired) electrons. The van der Waals surface area contributed by atoms with E-state index in [1.54, 1.807) is 23.2 Å². The summed E-state index contributed by atoms with van der Waals surface area (Å²) in [6.07, 6.45) is 1.22. The number of likely N-dealkylation sites (tertiary alicyclic amines) is 1. The van der Waals surface area contributed by atoms with Gasteiger partial charge in [0.1, 0.15) is 0 Å². The van der Waals surface area contributed by atoms with Crippen molar-refractivity contribution in [3.05, 3.63) is 59.1 Å². The SMILES string of the molecule is CC1(C(=O)O)CCN(C(=O)Nc2ccc(Cc3nc4ccccc4s3)cc2)C1. The molecule has 1 atom stereocenters. The second-order valence-corrected chi connectivity index (χ2v) is 8.53. The van der Waals surface area contributed by atoms with Crippen molar-refractivity contribution < 1.29 is 14.7 Å². The number of thiazole rings is 1. The predicted octanol–water partition coefficient (Wildman–Crippen LogP) is 4.22. The van der Waals surface area contributed by atoms with E-state index in [2.05, 4.69) is 16.4 Å². The van der Waals surface area contributed by atoms with E-state index < -0.39 is 11.4 Å². The van der Waals surface area contributed by atoms with Gasteiger partial charge < -0.3 is 15.3 Å². The molecule has 6 nitrogen and oxygen atoms in total. The van der Waals surface area contributed by atoms with E-state index in [1.807, 2.05) is 42.5 Å². The largest absolute Gasteiger partial charge is 0.481 e. The molecule has 144 valence electrons. The topological polar surface area (TPSA) is 82.5 Å². The molecule has 0 bridgehead atoms. The van der Waals surface area contributed by atoms with Gasteiger partial charge in [0, 0.05) is 25.2 Å². The summed E-state index contributed by atoms with van der Waals surface area (Å²) in [6.45, 7) is 2.35. The first kappa shape index (κ1) is 18.4. The monoisotopic (exact) mass is 395 g/mol. The lowest BCUT2D eigenvalue weighted by atomic mass is 9.90. The highest BCUT2D eigenvalue weighted by Crippen LogP contribution is 2.30. The molecule has 3 aromatic rings. The molecule has 1 aliphatic rings. The average molecular weight is 395 g/mol. The Bertz CT molecular complexity index is 998. The van der Waals surface area contributed by atoms with Crippen molar-refractivity contribution in [2.75, 3.05) is 18.4 Å². The molecule has 1 unspecified atom stereocenters. The molecule has 2 aromatic carbocycles. The number of rotatable bonds is 4. The summed E-state index contributed by atoms with van der Waals surface area (Å²) in [4.78, 5) is 30.0. The van der Waals surface area contributed by atoms with Gasteiger partial charge in [-0.25, -0.2) is 9.78 Å². The molecule has 2 amide bonds. The fourth-order valence-electron chi connectivity index (χ4n) is 3.39. The molecule has 0 saturated carbocycles. The molecule has 1 aromatic heterocycles. The Kier molecular flexibility index (Phi) is 4.77. The molecule has 4 rings (SSSR count). The van der Waals surface area contributed by atoms with Crippen LogP contribution in [0.5, 0.6) is 0 Å². The van der Waals surface area contributed by atoms with Crippen LogP contribution in [0.4, 0.5) is 10.5 Å². The molecule has 1 aliphatic heterocycles. The number of hydrogen-bond donors (Lipinski definition) is 2. The van der Waals surface area contributed by atoms with E-state index in [9.17, 15) is 14.7 Å². The molecule has 1 fully saturated rings. The minimum absolute atomic E-state index is 0.226. The standard InChI is InChI=1S/C21H21N3O3S/c1-21(19(25)26)10-11-24(13-21)20(27)22-15-8-6-14(7-9-15)12-18-23-16-4-2-3-5-17(16)28-18/h2-9H,10-13H2,1H3,(H,22,27)(H,25,26). The lowest BCUT2D eigenvalue weighted by molar-refractivity contribution is -0.146. The van der Waals surface area contributed by atoms with Gasteiger partial charge in [-0.05, 0) is 43.2 Å². The normalized spacial score (nSPS) is 19.1. The number of para-hydroxylation sites is 1. The van der Waals surface area contributed by atoms with Crippen molar-refractivity contribution in [3.8, 4) is 0 Å². The van der Waals surface area contributed by atoms with E-state index in [0.29, 0.717) is 18.7 Å². The van der Waals surface area contributed by atoms with E-state index >= 15 is 0 Å². The molecule has 7 heteroatoms. The Labute approximate surface area is 166 Å². The lowest BCUT2D eigenvalue weighted by Crippen LogP contribution is -2.37. The summed E-state index contributed by atoms with van der Waals surface area (Å²) in [5, 5.41) is 13.2. The number of nitrogens with one attached hydrogen (secondary N) is 1. The number of carboxylic acid groups (broad SMARTS) is 1. The average Bonchev–Trinajstić information content (AvgIpc) is 3.27. The fraction of sp³-hybridized carbons (Fsp3) is 0.286. The molecule has 0 spiro atoms. The number of carbonyl (C=O) groups excluding carboxylic acids is 1. The van der Waals surface area contributed by atoms with Gasteiger partial charge in [-0.2, -0.15) is 0 Å². The molecule has 28 heavy (non-hydrogen) atoms. The Morgan fingerprint density at radius 1 is 1.21 bits per heavy atom. The van der Waals surface area contributed by atoms with Crippen LogP contribution in [-0.2, 0) is 11.2 Å². The van der Waals surface area contributed by atoms with Gasteiger partial charge in [-0.3, -0.25) is 4.79 Å². The smallest absolute Gasteiger partial charge is 0.321 e. The summed E-state index contributed by atoms with van der Waals surface area (Å²) >= 11 is 1.69. The number of hydrogen-bond acceptors (Lipinski definition) is 4. The van der Waals surface area contributed by atoms with Crippen LogP contribution >= 0.6 is 11.3 Å². The molecular weight excluding hydrogens is 374 g/mol. The lowest BCUT2D eigenvalue weighted by Gasteiger charge is -2.20. The van der Waals surface area contributed by atoms with Gasteiger partial charge in [-0.1, -0.05) is 24.3 Å². The van der Waals surface area contributed by atoms with Gasteiger partial charge in [0.05, 0.1) is 20.6 Å². The second-order valence-electron chi connectivity index (χ2n) is 7.42. The van der Waals surface area contributed by atoms with Gasteiger partial charge >= 0.3 is 12.0 Å². The molecular formula is C21H21N3O3S. The van der Waals surface area contributed by atoms with Crippen LogP contribution in [0.1, 0.15) is 23.9 Å². The molecule has 2 heterocycles. The van der Waals surface area contributed by atoms with Crippen LogP contribution in [0.3, 0.4) is 0 Å². The van der Waals surface area contributed by atoms with Crippen LogP contribution in [0.25, 0.3) is 10.2 Å². The van der Waals surface area contributed by atoms with Gasteiger partial charge in [-0.15, -0.1) is 11.3 Å². The van der Waals surface area contributed by atoms with Crippen LogP contribution in [-0.4, -0.2) is 40.1 Å². The quantitative estimate of drug-likeness (QED) is 0.693. The first-order chi connectivity index (χ1) is 13.4. The second kappa shape index (κ2) is 7.24. The van der Waals surface area contributed by atoms with Gasteiger partial charge in [0.2, 0.25) is 0 Å². The summed E-state index contributed by atoms with van der Waals surface area (Å²) in [5.41, 5.74) is 1.97. The zero-order chi connectivity index (χ0) is 19.7. The van der Waals surface area contributed by atoms with Crippen LogP contribution in [0.2, 0.25) is 0 Å². The van der Waals surface area contributed by atoms with Crippen molar-refractivity contribution in [3.63, 3.8) is 0 Å². The fourth-order valence-corrected chi connectivity index (χ4v) is 4.39. The van der Waals surface area contributed by atoms with E-state index in [0.717, 1.165) is 22.5 Å². The van der Waals surface area contributed by atoms with E-state index in [-0.39, 0.29) is 12.6 Å². The Balaban J connectivity index is 1.38. The zero-order valence-corrected chi connectivity index (χ0v) is 16.3. The Hall–Kier alpha value is -2.93. The summed E-state index contributed by atoms with van der Waals surface area (Å²) < 4.78 is 1.18. The van der Waals surface area contributed by atoms with Crippen LogP contribution in [0, 0.1) is 5.41 Å². The zero-order valence-electron chi connectivity index (χ0n) is 15.5. The van der Waals surface area contributed by atoms with Crippen molar-refractivity contribution in [2.45, 2.75) is 19.8 Å². The van der Waals surface area contributed by atoms with Crippen molar-refractivity contribution in [1.82, 2.24) is 9.88 Å². The molecule has 0 aliphatic carbocycles. The number of aromatic nitrogens is 1. The van der Waals surface area contributed by atoms with Crippen LogP contribution in [0.15, 0.2) is 48.5 Å². The third kappa shape index (κ3) is 3.71. The highest BCUT2D eigenvalue weighted by Gasteiger charge is 2.42. The molecule has 2 N–H and O–H groups in total. The van der Waals surface area contributed by atoms with Crippen molar-refractivity contribution in [2.24, 2.45) is 5.41 Å². The number of benzene rings is 2. The molecule has 1 saturated heterocycles. The maximum atomic E-state index is 12.4. The highest BCUT2D eigenvalue weighted by atomic mass is 32.1. The Morgan fingerprint density at radius 3 is 2.64 bits per heavy atom. The minimum atomic E-state index is -0.863. The maximum Gasteiger partial charge on any atom is 0.321 e. The number of fused-ring (bicyclic) bond motifs is 1. The van der Waals surface area contributed by atoms with E-state index in [4.69, 9.17) is 0 Å². The minimum Gasteiger partial charge on any atom is -0.481 e. The summed E-state index contributed by atoms with van der Waals surface area (Å²) in [6, 6.07) is 15.5. The summed E-state index contributed by atoms with van der Waals surface area (Å²) in [5.74, 6) is -0.859. The summed E-state index contributed by atoms with van der Waals surface area (Å²) in [7, 11) is 0. The van der Waals surface area contributed by atoms with Crippen molar-refractivity contribution in [1.29, 1.82) is 0 Å². The number of nitrogens with zero attached hydrogens (tertiary/aromatic N) is 2. The van der Waals surface area contributed by atoms with Gasteiger partial charge in [0.25, 0.3) is 0 Å². The number of amides is 2. The van der Waals surface area contributed by atoms with E-state index in [1.165, 1.54) is 4.70 Å². The number of anilines is 1.